The molecule has 1 saturated heterocycles. The Labute approximate surface area is 114 Å². The van der Waals surface area contributed by atoms with E-state index < -0.39 is 0 Å². The van der Waals surface area contributed by atoms with Crippen molar-refractivity contribution in [2.24, 2.45) is 5.92 Å². The summed E-state index contributed by atoms with van der Waals surface area (Å²) in [7, 11) is 0. The minimum atomic E-state index is 0.343. The molecule has 0 spiro atoms. The van der Waals surface area contributed by atoms with Gasteiger partial charge in [0.2, 0.25) is 0 Å². The predicted molar refractivity (Wildman–Crippen MR) is 75.9 cm³/mol. The summed E-state index contributed by atoms with van der Waals surface area (Å²) in [5.41, 5.74) is 0.343. The number of aromatic nitrogens is 1. The van der Waals surface area contributed by atoms with E-state index >= 15 is 0 Å². The fourth-order valence-electron chi connectivity index (χ4n) is 3.10. The van der Waals surface area contributed by atoms with Crippen LogP contribution in [0.25, 0.3) is 0 Å². The molecule has 18 heavy (non-hydrogen) atoms. The number of nitrogens with zero attached hydrogens (tertiary/aromatic N) is 2. The van der Waals surface area contributed by atoms with Crippen LogP contribution in [0.3, 0.4) is 0 Å². The highest BCUT2D eigenvalue weighted by Crippen LogP contribution is 2.40. The molecule has 1 unspecified atom stereocenters. The van der Waals surface area contributed by atoms with Gasteiger partial charge in [-0.1, -0.05) is 0 Å². The average molecular weight is 265 g/mol. The van der Waals surface area contributed by atoms with Gasteiger partial charge < -0.3 is 5.32 Å². The van der Waals surface area contributed by atoms with Gasteiger partial charge in [0.1, 0.15) is 0 Å². The summed E-state index contributed by atoms with van der Waals surface area (Å²) in [6.07, 6.45) is 6.14. The summed E-state index contributed by atoms with van der Waals surface area (Å²) in [6, 6.07) is 0. The normalized spacial score (nSPS) is 30.3. The van der Waals surface area contributed by atoms with Crippen molar-refractivity contribution in [1.29, 1.82) is 0 Å². The zero-order valence-electron chi connectivity index (χ0n) is 11.4. The van der Waals surface area contributed by atoms with Crippen LogP contribution in [0, 0.1) is 12.8 Å². The predicted octanol–water partition coefficient (Wildman–Crippen LogP) is 2.42. The van der Waals surface area contributed by atoms with Gasteiger partial charge in [-0.25, -0.2) is 4.98 Å². The van der Waals surface area contributed by atoms with Crippen molar-refractivity contribution < 1.29 is 0 Å². The first-order valence-electron chi connectivity index (χ1n) is 7.04. The van der Waals surface area contributed by atoms with E-state index in [2.05, 4.69) is 29.0 Å². The summed E-state index contributed by atoms with van der Waals surface area (Å²) >= 11 is 1.84. The van der Waals surface area contributed by atoms with Crippen molar-refractivity contribution >= 4 is 11.3 Å². The van der Waals surface area contributed by atoms with E-state index in [1.165, 1.54) is 48.8 Å². The summed E-state index contributed by atoms with van der Waals surface area (Å²) in [6.45, 7) is 9.16. The summed E-state index contributed by atoms with van der Waals surface area (Å²) in [5, 5.41) is 4.97. The topological polar surface area (TPSA) is 28.2 Å². The van der Waals surface area contributed by atoms with Gasteiger partial charge in [-0.3, -0.25) is 4.90 Å². The highest BCUT2D eigenvalue weighted by atomic mass is 32.1. The molecule has 2 fully saturated rings. The Morgan fingerprint density at radius 2 is 2.39 bits per heavy atom. The number of rotatable bonds is 3. The van der Waals surface area contributed by atoms with Gasteiger partial charge in [0.05, 0.1) is 5.01 Å². The Hall–Kier alpha value is -0.450. The third-order valence-electron chi connectivity index (χ3n) is 4.26. The first-order valence-corrected chi connectivity index (χ1v) is 7.86. The highest BCUT2D eigenvalue weighted by molar-refractivity contribution is 7.11. The molecule has 0 amide bonds. The zero-order chi connectivity index (χ0) is 12.6. The lowest BCUT2D eigenvalue weighted by molar-refractivity contribution is 0.196. The Bertz CT molecular complexity index is 413. The van der Waals surface area contributed by atoms with Crippen LogP contribution in [0.1, 0.15) is 36.1 Å². The second-order valence-electron chi connectivity index (χ2n) is 6.03. The van der Waals surface area contributed by atoms with E-state index in [9.17, 15) is 0 Å². The summed E-state index contributed by atoms with van der Waals surface area (Å²) in [4.78, 5) is 8.39. The molecule has 100 valence electrons. The molecular weight excluding hydrogens is 242 g/mol. The Balaban J connectivity index is 1.67. The third kappa shape index (κ3) is 2.76. The van der Waals surface area contributed by atoms with Crippen LogP contribution in [-0.2, 0) is 6.54 Å². The van der Waals surface area contributed by atoms with E-state index in [1.807, 2.05) is 17.5 Å². The van der Waals surface area contributed by atoms with Gasteiger partial charge in [-0.05, 0) is 52.1 Å². The lowest BCUT2D eigenvalue weighted by atomic mass is 9.95. The van der Waals surface area contributed by atoms with Gasteiger partial charge in [0.25, 0.3) is 0 Å². The van der Waals surface area contributed by atoms with Gasteiger partial charge in [0.15, 0.2) is 0 Å². The molecule has 2 heterocycles. The minimum Gasteiger partial charge on any atom is -0.310 e. The molecule has 1 atom stereocenters. The van der Waals surface area contributed by atoms with Crippen molar-refractivity contribution in [3.63, 3.8) is 0 Å². The SMILES string of the molecule is Cc1ncc(CN2CCCNC(C)(C3CC3)C2)s1. The molecule has 1 aliphatic heterocycles. The fourth-order valence-corrected chi connectivity index (χ4v) is 3.94. The van der Waals surface area contributed by atoms with Crippen LogP contribution in [0.2, 0.25) is 0 Å². The second-order valence-corrected chi connectivity index (χ2v) is 7.35. The number of hydrogen-bond donors (Lipinski definition) is 1. The number of aryl methyl sites for hydroxylation is 1. The van der Waals surface area contributed by atoms with Crippen LogP contribution < -0.4 is 5.32 Å². The molecule has 1 aliphatic carbocycles. The maximum absolute atomic E-state index is 4.37. The Morgan fingerprint density at radius 1 is 1.56 bits per heavy atom. The number of hydrogen-bond acceptors (Lipinski definition) is 4. The van der Waals surface area contributed by atoms with Crippen LogP contribution >= 0.6 is 11.3 Å². The van der Waals surface area contributed by atoms with E-state index in [1.54, 1.807) is 0 Å². The zero-order valence-corrected chi connectivity index (χ0v) is 12.2. The van der Waals surface area contributed by atoms with Crippen LogP contribution in [0.15, 0.2) is 6.20 Å². The smallest absolute Gasteiger partial charge is 0.0897 e. The molecular formula is C14H23N3S. The van der Waals surface area contributed by atoms with Gasteiger partial charge in [0, 0.05) is 29.7 Å². The minimum absolute atomic E-state index is 0.343. The molecule has 1 aromatic rings. The molecule has 3 nitrogen and oxygen atoms in total. The summed E-state index contributed by atoms with van der Waals surface area (Å²) in [5.74, 6) is 0.904. The van der Waals surface area contributed by atoms with Gasteiger partial charge >= 0.3 is 0 Å². The standard InChI is InChI=1S/C14H23N3S/c1-11-15-8-13(18-11)9-17-7-3-6-16-14(2,10-17)12-4-5-12/h8,12,16H,3-7,9-10H2,1-2H3. The molecule has 4 heteroatoms. The van der Waals surface area contributed by atoms with Crippen molar-refractivity contribution in [2.45, 2.75) is 45.2 Å². The van der Waals surface area contributed by atoms with Crippen molar-refractivity contribution in [3.8, 4) is 0 Å². The van der Waals surface area contributed by atoms with E-state index in [0.29, 0.717) is 5.54 Å². The van der Waals surface area contributed by atoms with Gasteiger partial charge in [-0.2, -0.15) is 0 Å². The first kappa shape index (κ1) is 12.6. The molecule has 0 bridgehead atoms. The molecule has 3 rings (SSSR count). The second kappa shape index (κ2) is 4.91. The molecule has 2 aliphatic rings. The third-order valence-corrected chi connectivity index (χ3v) is 5.16. The van der Waals surface area contributed by atoms with E-state index in [0.717, 1.165) is 12.5 Å². The first-order chi connectivity index (χ1) is 8.66. The fraction of sp³-hybridized carbons (Fsp3) is 0.786. The van der Waals surface area contributed by atoms with Crippen LogP contribution in [0.5, 0.6) is 0 Å². The number of nitrogens with one attached hydrogen (secondary N) is 1. The average Bonchev–Trinajstić information content (AvgIpc) is 3.11. The highest BCUT2D eigenvalue weighted by Gasteiger charge is 2.42. The maximum atomic E-state index is 4.37. The Kier molecular flexibility index (Phi) is 3.43. The van der Waals surface area contributed by atoms with Gasteiger partial charge in [-0.15, -0.1) is 11.3 Å². The van der Waals surface area contributed by atoms with Crippen molar-refractivity contribution in [1.82, 2.24) is 15.2 Å². The molecule has 0 radical (unpaired) electrons. The van der Waals surface area contributed by atoms with Crippen LogP contribution in [0.4, 0.5) is 0 Å². The summed E-state index contributed by atoms with van der Waals surface area (Å²) < 4.78 is 0. The lowest BCUT2D eigenvalue weighted by Gasteiger charge is -2.33. The van der Waals surface area contributed by atoms with Crippen molar-refractivity contribution in [3.05, 3.63) is 16.1 Å². The van der Waals surface area contributed by atoms with E-state index in [4.69, 9.17) is 0 Å². The largest absolute Gasteiger partial charge is 0.310 e. The monoisotopic (exact) mass is 265 g/mol. The molecule has 1 N–H and O–H groups in total. The molecule has 1 aromatic heterocycles. The van der Waals surface area contributed by atoms with E-state index in [-0.39, 0.29) is 0 Å². The van der Waals surface area contributed by atoms with Crippen molar-refractivity contribution in [2.75, 3.05) is 19.6 Å². The maximum Gasteiger partial charge on any atom is 0.0897 e. The lowest BCUT2D eigenvalue weighted by Crippen LogP contribution is -2.50. The molecule has 0 aromatic carbocycles. The Morgan fingerprint density at radius 3 is 3.06 bits per heavy atom. The molecule has 1 saturated carbocycles. The van der Waals surface area contributed by atoms with Crippen LogP contribution in [-0.4, -0.2) is 35.1 Å². The number of thiazole rings is 1. The quantitative estimate of drug-likeness (QED) is 0.910.